The van der Waals surface area contributed by atoms with Gasteiger partial charge in [-0.2, -0.15) is 0 Å². The second-order valence-corrected chi connectivity index (χ2v) is 5.72. The van der Waals surface area contributed by atoms with Crippen molar-refractivity contribution in [3.8, 4) is 5.75 Å². The maximum atomic E-state index is 9.63. The van der Waals surface area contributed by atoms with Crippen molar-refractivity contribution >= 4 is 11.6 Å². The molecule has 1 aromatic carbocycles. The van der Waals surface area contributed by atoms with Crippen molar-refractivity contribution in [1.29, 1.82) is 0 Å². The molecular formula is C13H16ClNO. The van der Waals surface area contributed by atoms with Crippen LogP contribution in [0.15, 0.2) is 18.2 Å². The van der Waals surface area contributed by atoms with E-state index in [0.717, 1.165) is 19.4 Å². The van der Waals surface area contributed by atoms with Gasteiger partial charge in [0.15, 0.2) is 0 Å². The SMILES string of the molecule is C[C@]12CCN[C@H](C1)C(Cl)c1ccc(O)cc12. The second kappa shape index (κ2) is 3.38. The Morgan fingerprint density at radius 2 is 2.31 bits per heavy atom. The van der Waals surface area contributed by atoms with E-state index in [2.05, 4.69) is 12.2 Å². The molecule has 2 aliphatic rings. The lowest BCUT2D eigenvalue weighted by molar-refractivity contribution is 0.244. The van der Waals surface area contributed by atoms with Gasteiger partial charge in [-0.15, -0.1) is 11.6 Å². The third-order valence-corrected chi connectivity index (χ3v) is 4.63. The molecule has 1 unspecified atom stereocenters. The third-order valence-electron chi connectivity index (χ3n) is 4.09. The van der Waals surface area contributed by atoms with Crippen molar-refractivity contribution in [2.45, 2.75) is 36.6 Å². The Morgan fingerprint density at radius 3 is 3.12 bits per heavy atom. The van der Waals surface area contributed by atoms with Crippen LogP contribution in [0.3, 0.4) is 0 Å². The van der Waals surface area contributed by atoms with Crippen LogP contribution in [0.2, 0.25) is 0 Å². The van der Waals surface area contributed by atoms with Crippen LogP contribution in [0.1, 0.15) is 36.3 Å². The van der Waals surface area contributed by atoms with Gasteiger partial charge >= 0.3 is 0 Å². The smallest absolute Gasteiger partial charge is 0.115 e. The van der Waals surface area contributed by atoms with Crippen molar-refractivity contribution in [2.75, 3.05) is 6.54 Å². The number of rotatable bonds is 0. The zero-order chi connectivity index (χ0) is 11.3. The van der Waals surface area contributed by atoms with Gasteiger partial charge in [-0.3, -0.25) is 0 Å². The highest BCUT2D eigenvalue weighted by atomic mass is 35.5. The molecule has 3 heteroatoms. The molecule has 2 nitrogen and oxygen atoms in total. The first-order chi connectivity index (χ1) is 7.60. The predicted octanol–water partition coefficient (Wildman–Crippen LogP) is 2.70. The molecular weight excluding hydrogens is 222 g/mol. The zero-order valence-electron chi connectivity index (χ0n) is 9.33. The van der Waals surface area contributed by atoms with E-state index in [1.54, 1.807) is 6.07 Å². The Bertz CT molecular complexity index is 434. The van der Waals surface area contributed by atoms with Crippen LogP contribution in [-0.4, -0.2) is 17.7 Å². The minimum Gasteiger partial charge on any atom is -0.508 e. The largest absolute Gasteiger partial charge is 0.508 e. The minimum atomic E-state index is 0.0315. The van der Waals surface area contributed by atoms with Crippen LogP contribution in [0.4, 0.5) is 0 Å². The van der Waals surface area contributed by atoms with E-state index in [4.69, 9.17) is 11.6 Å². The molecule has 3 rings (SSSR count). The van der Waals surface area contributed by atoms with Crippen molar-refractivity contribution in [2.24, 2.45) is 0 Å². The molecule has 86 valence electrons. The van der Waals surface area contributed by atoms with Gasteiger partial charge < -0.3 is 10.4 Å². The van der Waals surface area contributed by atoms with Gasteiger partial charge in [-0.25, -0.2) is 0 Å². The molecule has 2 bridgehead atoms. The fraction of sp³-hybridized carbons (Fsp3) is 0.538. The summed E-state index contributed by atoms with van der Waals surface area (Å²) in [5.41, 5.74) is 2.60. The Balaban J connectivity index is 2.19. The standard InChI is InChI=1S/C13H16ClNO/c1-13-4-5-15-11(7-13)12(14)9-3-2-8(16)6-10(9)13/h2-3,6,11-12,15-16H,4-5,7H2,1H3/t11-,12?,13+/m1/s1. The van der Waals surface area contributed by atoms with Gasteiger partial charge in [0, 0.05) is 6.04 Å². The van der Waals surface area contributed by atoms with E-state index < -0.39 is 0 Å². The summed E-state index contributed by atoms with van der Waals surface area (Å²) in [6, 6.07) is 5.97. The topological polar surface area (TPSA) is 32.3 Å². The molecule has 1 aromatic rings. The molecule has 2 N–H and O–H groups in total. The van der Waals surface area contributed by atoms with Gasteiger partial charge in [0.1, 0.15) is 5.75 Å². The molecule has 3 atom stereocenters. The Hall–Kier alpha value is -0.730. The van der Waals surface area contributed by atoms with Gasteiger partial charge in [0.05, 0.1) is 5.38 Å². The summed E-state index contributed by atoms with van der Waals surface area (Å²) in [6.07, 6.45) is 2.18. The quantitative estimate of drug-likeness (QED) is 0.680. The number of halogens is 1. The molecule has 0 spiro atoms. The summed E-state index contributed by atoms with van der Waals surface area (Å²) in [7, 11) is 0. The number of hydrogen-bond acceptors (Lipinski definition) is 2. The van der Waals surface area contributed by atoms with Crippen LogP contribution in [-0.2, 0) is 5.41 Å². The van der Waals surface area contributed by atoms with E-state index in [1.807, 2.05) is 12.1 Å². The lowest BCUT2D eigenvalue weighted by Crippen LogP contribution is -2.50. The fourth-order valence-corrected chi connectivity index (χ4v) is 3.54. The number of hydrogen-bond donors (Lipinski definition) is 2. The lowest BCUT2D eigenvalue weighted by Gasteiger charge is -2.47. The van der Waals surface area contributed by atoms with Gasteiger partial charge in [-0.1, -0.05) is 13.0 Å². The second-order valence-electron chi connectivity index (χ2n) is 5.25. The van der Waals surface area contributed by atoms with Gasteiger partial charge in [0.25, 0.3) is 0 Å². The maximum Gasteiger partial charge on any atom is 0.115 e. The molecule has 1 aliphatic carbocycles. The summed E-state index contributed by atoms with van der Waals surface area (Å²) in [4.78, 5) is 0. The highest BCUT2D eigenvalue weighted by Gasteiger charge is 2.43. The van der Waals surface area contributed by atoms with E-state index >= 15 is 0 Å². The zero-order valence-corrected chi connectivity index (χ0v) is 10.1. The van der Waals surface area contributed by atoms with Crippen molar-refractivity contribution < 1.29 is 5.11 Å². The normalized spacial score (nSPS) is 36.9. The number of phenols is 1. The van der Waals surface area contributed by atoms with Crippen molar-refractivity contribution in [3.05, 3.63) is 29.3 Å². The summed E-state index contributed by atoms with van der Waals surface area (Å²) in [6.45, 7) is 3.29. The van der Waals surface area contributed by atoms with E-state index in [9.17, 15) is 5.11 Å². The molecule has 0 aromatic heterocycles. The number of benzene rings is 1. The number of aromatic hydroxyl groups is 1. The summed E-state index contributed by atoms with van der Waals surface area (Å²) in [5, 5.41) is 13.1. The Morgan fingerprint density at radius 1 is 1.50 bits per heavy atom. The van der Waals surface area contributed by atoms with Crippen LogP contribution >= 0.6 is 11.6 Å². The third kappa shape index (κ3) is 1.36. The molecule has 1 heterocycles. The van der Waals surface area contributed by atoms with Gasteiger partial charge in [-0.05, 0) is 48.1 Å². The van der Waals surface area contributed by atoms with Crippen molar-refractivity contribution in [1.82, 2.24) is 5.32 Å². The molecule has 1 fully saturated rings. The number of fused-ring (bicyclic) bond motifs is 4. The first-order valence-electron chi connectivity index (χ1n) is 5.81. The highest BCUT2D eigenvalue weighted by Crippen LogP contribution is 2.48. The van der Waals surface area contributed by atoms with Gasteiger partial charge in [0.2, 0.25) is 0 Å². The Labute approximate surface area is 101 Å². The summed E-state index contributed by atoms with van der Waals surface area (Å²) < 4.78 is 0. The molecule has 0 saturated carbocycles. The number of phenolic OH excluding ortho intramolecular Hbond substituents is 1. The van der Waals surface area contributed by atoms with Crippen LogP contribution in [0.25, 0.3) is 0 Å². The molecule has 16 heavy (non-hydrogen) atoms. The number of piperidine rings is 1. The molecule has 0 radical (unpaired) electrons. The first kappa shape index (κ1) is 10.4. The van der Waals surface area contributed by atoms with Crippen LogP contribution in [0.5, 0.6) is 5.75 Å². The maximum absolute atomic E-state index is 9.63. The molecule has 1 aliphatic heterocycles. The lowest BCUT2D eigenvalue weighted by atomic mass is 9.65. The highest BCUT2D eigenvalue weighted by molar-refractivity contribution is 6.21. The average Bonchev–Trinajstić information content (AvgIpc) is 2.27. The van der Waals surface area contributed by atoms with Crippen LogP contribution < -0.4 is 5.32 Å². The fourth-order valence-electron chi connectivity index (χ4n) is 3.17. The summed E-state index contributed by atoms with van der Waals surface area (Å²) >= 11 is 6.48. The molecule has 0 amide bonds. The Kier molecular flexibility index (Phi) is 2.20. The average molecular weight is 238 g/mol. The van der Waals surface area contributed by atoms with E-state index in [-0.39, 0.29) is 10.8 Å². The number of alkyl halides is 1. The monoisotopic (exact) mass is 237 g/mol. The summed E-state index contributed by atoms with van der Waals surface area (Å²) in [5.74, 6) is 0.348. The van der Waals surface area contributed by atoms with Crippen molar-refractivity contribution in [3.63, 3.8) is 0 Å². The number of nitrogens with one attached hydrogen (secondary N) is 1. The van der Waals surface area contributed by atoms with E-state index in [0.29, 0.717) is 11.8 Å². The minimum absolute atomic E-state index is 0.0315. The van der Waals surface area contributed by atoms with E-state index in [1.165, 1.54) is 11.1 Å². The molecule has 1 saturated heterocycles. The first-order valence-corrected chi connectivity index (χ1v) is 6.25. The predicted molar refractivity (Wildman–Crippen MR) is 65.1 cm³/mol. The van der Waals surface area contributed by atoms with Crippen LogP contribution in [0, 0.1) is 0 Å².